The number of likely N-dealkylation sites (tertiary alicyclic amines) is 1. The first-order valence-corrected chi connectivity index (χ1v) is 7.50. The van der Waals surface area contributed by atoms with Crippen LogP contribution in [0.2, 0.25) is 0 Å². The molecule has 104 valence electrons. The molecule has 0 atom stereocenters. The van der Waals surface area contributed by atoms with Gasteiger partial charge >= 0.3 is 0 Å². The summed E-state index contributed by atoms with van der Waals surface area (Å²) in [5.74, 6) is 1.01. The van der Waals surface area contributed by atoms with E-state index in [0.717, 1.165) is 25.9 Å². The van der Waals surface area contributed by atoms with Crippen LogP contribution in [0.1, 0.15) is 52.9 Å². The van der Waals surface area contributed by atoms with Crippen LogP contribution in [0.3, 0.4) is 0 Å². The molecular weight excluding hydrogens is 224 g/mol. The van der Waals surface area contributed by atoms with Gasteiger partial charge in [-0.25, -0.2) is 0 Å². The SMILES string of the molecule is CCC1(CC)CCN(C(=O)C2(CN)CC(C)C2)C1. The van der Waals surface area contributed by atoms with Crippen molar-refractivity contribution < 1.29 is 4.79 Å². The molecular formula is C15H28N2O. The van der Waals surface area contributed by atoms with Gasteiger partial charge in [0, 0.05) is 19.6 Å². The Bertz CT molecular complexity index is 316. The molecule has 0 bridgehead atoms. The summed E-state index contributed by atoms with van der Waals surface area (Å²) in [4.78, 5) is 14.8. The average molecular weight is 252 g/mol. The number of hydrogen-bond donors (Lipinski definition) is 1. The number of nitrogens with two attached hydrogens (primary N) is 1. The van der Waals surface area contributed by atoms with Gasteiger partial charge in [0.2, 0.25) is 5.91 Å². The van der Waals surface area contributed by atoms with Gasteiger partial charge in [0.25, 0.3) is 0 Å². The maximum Gasteiger partial charge on any atom is 0.230 e. The number of carbonyl (C=O) groups is 1. The second-order valence-corrected chi connectivity index (χ2v) is 6.68. The van der Waals surface area contributed by atoms with Crippen molar-refractivity contribution in [2.45, 2.75) is 52.9 Å². The van der Waals surface area contributed by atoms with Gasteiger partial charge in [0.15, 0.2) is 0 Å². The topological polar surface area (TPSA) is 46.3 Å². The molecule has 0 spiro atoms. The summed E-state index contributed by atoms with van der Waals surface area (Å²) in [6.45, 7) is 9.14. The Labute approximate surface area is 111 Å². The molecule has 1 saturated heterocycles. The largest absolute Gasteiger partial charge is 0.342 e. The van der Waals surface area contributed by atoms with E-state index in [9.17, 15) is 4.79 Å². The van der Waals surface area contributed by atoms with Crippen LogP contribution in [0.25, 0.3) is 0 Å². The molecule has 2 aliphatic rings. The van der Waals surface area contributed by atoms with Gasteiger partial charge in [0.1, 0.15) is 0 Å². The minimum atomic E-state index is -0.211. The van der Waals surface area contributed by atoms with Gasteiger partial charge in [-0.05, 0) is 43.4 Å². The van der Waals surface area contributed by atoms with E-state index in [4.69, 9.17) is 5.73 Å². The lowest BCUT2D eigenvalue weighted by molar-refractivity contribution is -0.149. The zero-order valence-corrected chi connectivity index (χ0v) is 12.2. The minimum absolute atomic E-state index is 0.211. The summed E-state index contributed by atoms with van der Waals surface area (Å²) in [7, 11) is 0. The van der Waals surface area contributed by atoms with Crippen molar-refractivity contribution in [3.05, 3.63) is 0 Å². The van der Waals surface area contributed by atoms with Gasteiger partial charge in [-0.15, -0.1) is 0 Å². The highest BCUT2D eigenvalue weighted by Crippen LogP contribution is 2.48. The van der Waals surface area contributed by atoms with Crippen molar-refractivity contribution in [1.82, 2.24) is 4.90 Å². The van der Waals surface area contributed by atoms with Crippen LogP contribution in [0, 0.1) is 16.7 Å². The third-order valence-electron chi connectivity index (χ3n) is 5.55. The molecule has 1 aliphatic heterocycles. The van der Waals surface area contributed by atoms with E-state index in [2.05, 4.69) is 25.7 Å². The quantitative estimate of drug-likeness (QED) is 0.835. The predicted octanol–water partition coefficient (Wildman–Crippen LogP) is 2.40. The highest BCUT2D eigenvalue weighted by Gasteiger charge is 2.51. The van der Waals surface area contributed by atoms with E-state index in [1.54, 1.807) is 0 Å². The number of nitrogens with zero attached hydrogens (tertiary/aromatic N) is 1. The highest BCUT2D eigenvalue weighted by molar-refractivity contribution is 5.84. The zero-order valence-electron chi connectivity index (χ0n) is 12.2. The first-order chi connectivity index (χ1) is 8.51. The Morgan fingerprint density at radius 2 is 1.94 bits per heavy atom. The molecule has 3 nitrogen and oxygen atoms in total. The summed E-state index contributed by atoms with van der Waals surface area (Å²) < 4.78 is 0. The average Bonchev–Trinajstić information content (AvgIpc) is 2.79. The molecule has 1 heterocycles. The lowest BCUT2D eigenvalue weighted by Crippen LogP contribution is -2.54. The fourth-order valence-corrected chi connectivity index (χ4v) is 3.97. The Morgan fingerprint density at radius 1 is 1.33 bits per heavy atom. The summed E-state index contributed by atoms with van der Waals surface area (Å²) in [5.41, 5.74) is 6.05. The monoisotopic (exact) mass is 252 g/mol. The number of amides is 1. The molecule has 3 heteroatoms. The molecule has 0 radical (unpaired) electrons. The smallest absolute Gasteiger partial charge is 0.230 e. The van der Waals surface area contributed by atoms with Crippen LogP contribution in [-0.2, 0) is 4.79 Å². The maximum absolute atomic E-state index is 12.7. The Kier molecular flexibility index (Phi) is 3.72. The molecule has 1 aliphatic carbocycles. The lowest BCUT2D eigenvalue weighted by atomic mass is 9.62. The van der Waals surface area contributed by atoms with Crippen LogP contribution in [-0.4, -0.2) is 30.4 Å². The number of rotatable bonds is 4. The van der Waals surface area contributed by atoms with Crippen molar-refractivity contribution in [3.63, 3.8) is 0 Å². The van der Waals surface area contributed by atoms with E-state index < -0.39 is 0 Å². The predicted molar refractivity (Wildman–Crippen MR) is 74.1 cm³/mol. The van der Waals surface area contributed by atoms with Gasteiger partial charge in [-0.1, -0.05) is 20.8 Å². The molecule has 18 heavy (non-hydrogen) atoms. The standard InChI is InChI=1S/C15H28N2O/c1-4-14(5-2)6-7-17(11-14)13(18)15(10-16)8-12(3)9-15/h12H,4-11,16H2,1-3H3. The summed E-state index contributed by atoms with van der Waals surface area (Å²) in [5, 5.41) is 0. The molecule has 0 aromatic carbocycles. The van der Waals surface area contributed by atoms with Gasteiger partial charge in [-0.2, -0.15) is 0 Å². The fourth-order valence-electron chi connectivity index (χ4n) is 3.97. The van der Waals surface area contributed by atoms with Crippen LogP contribution in [0.15, 0.2) is 0 Å². The summed E-state index contributed by atoms with van der Waals surface area (Å²) in [6, 6.07) is 0. The van der Waals surface area contributed by atoms with E-state index in [1.165, 1.54) is 19.3 Å². The third kappa shape index (κ3) is 2.07. The first kappa shape index (κ1) is 13.9. The Hall–Kier alpha value is -0.570. The molecule has 1 saturated carbocycles. The second kappa shape index (κ2) is 4.84. The van der Waals surface area contributed by atoms with E-state index in [-0.39, 0.29) is 5.41 Å². The normalized spacial score (nSPS) is 34.4. The summed E-state index contributed by atoms with van der Waals surface area (Å²) in [6.07, 6.45) is 5.51. The van der Waals surface area contributed by atoms with E-state index >= 15 is 0 Å². The molecule has 0 unspecified atom stereocenters. The molecule has 1 amide bonds. The Morgan fingerprint density at radius 3 is 2.33 bits per heavy atom. The van der Waals surface area contributed by atoms with E-state index in [0.29, 0.717) is 23.8 Å². The lowest BCUT2D eigenvalue weighted by Gasteiger charge is -2.46. The van der Waals surface area contributed by atoms with Crippen LogP contribution in [0.5, 0.6) is 0 Å². The minimum Gasteiger partial charge on any atom is -0.342 e. The van der Waals surface area contributed by atoms with Crippen molar-refractivity contribution in [2.24, 2.45) is 22.5 Å². The molecule has 2 N–H and O–H groups in total. The van der Waals surface area contributed by atoms with Crippen molar-refractivity contribution >= 4 is 5.91 Å². The molecule has 0 aromatic heterocycles. The fraction of sp³-hybridized carbons (Fsp3) is 0.933. The van der Waals surface area contributed by atoms with Crippen molar-refractivity contribution in [3.8, 4) is 0 Å². The third-order valence-corrected chi connectivity index (χ3v) is 5.55. The van der Waals surface area contributed by atoms with Crippen LogP contribution < -0.4 is 5.73 Å². The Balaban J connectivity index is 2.03. The maximum atomic E-state index is 12.7. The molecule has 2 rings (SSSR count). The van der Waals surface area contributed by atoms with Gasteiger partial charge < -0.3 is 10.6 Å². The van der Waals surface area contributed by atoms with Crippen molar-refractivity contribution in [1.29, 1.82) is 0 Å². The molecule has 2 fully saturated rings. The highest BCUT2D eigenvalue weighted by atomic mass is 16.2. The van der Waals surface area contributed by atoms with Crippen molar-refractivity contribution in [2.75, 3.05) is 19.6 Å². The van der Waals surface area contributed by atoms with Gasteiger partial charge in [0.05, 0.1) is 5.41 Å². The van der Waals surface area contributed by atoms with E-state index in [1.807, 2.05) is 0 Å². The van der Waals surface area contributed by atoms with Gasteiger partial charge in [-0.3, -0.25) is 4.79 Å². The zero-order chi connectivity index (χ0) is 13.4. The number of hydrogen-bond acceptors (Lipinski definition) is 2. The first-order valence-electron chi connectivity index (χ1n) is 7.50. The summed E-state index contributed by atoms with van der Waals surface area (Å²) >= 11 is 0. The molecule has 0 aromatic rings. The van der Waals surface area contributed by atoms with Crippen LogP contribution in [0.4, 0.5) is 0 Å². The number of carbonyl (C=O) groups excluding carboxylic acids is 1. The second-order valence-electron chi connectivity index (χ2n) is 6.68. The van der Waals surface area contributed by atoms with Crippen LogP contribution >= 0.6 is 0 Å².